The number of carbonyl (C=O) groups excluding carboxylic acids is 1. The molecule has 1 fully saturated rings. The summed E-state index contributed by atoms with van der Waals surface area (Å²) >= 11 is 0. The molecular weight excluding hydrogens is 176 g/mol. The molecule has 2 aliphatic rings. The summed E-state index contributed by atoms with van der Waals surface area (Å²) in [5, 5.41) is 8.97. The topological polar surface area (TPSA) is 37.3 Å². The van der Waals surface area contributed by atoms with Crippen molar-refractivity contribution in [1.82, 2.24) is 0 Å². The highest BCUT2D eigenvalue weighted by Crippen LogP contribution is 2.47. The van der Waals surface area contributed by atoms with E-state index in [1.54, 1.807) is 0 Å². The Kier molecular flexibility index (Phi) is 2.28. The number of rotatable bonds is 3. The summed E-state index contributed by atoms with van der Waals surface area (Å²) in [5.41, 5.74) is 1.35. The highest BCUT2D eigenvalue weighted by Gasteiger charge is 2.45. The van der Waals surface area contributed by atoms with Gasteiger partial charge in [-0.05, 0) is 25.2 Å². The minimum Gasteiger partial charge on any atom is -0.505 e. The lowest BCUT2D eigenvalue weighted by molar-refractivity contribution is -0.119. The summed E-state index contributed by atoms with van der Waals surface area (Å²) < 4.78 is 0. The fourth-order valence-corrected chi connectivity index (χ4v) is 2.04. The average molecular weight is 190 g/mol. The molecular formula is C12H14O2. The van der Waals surface area contributed by atoms with Crippen molar-refractivity contribution < 1.29 is 9.90 Å². The molecule has 0 radical (unpaired) electrons. The van der Waals surface area contributed by atoms with E-state index in [1.807, 2.05) is 6.08 Å². The number of aliphatic hydroxyl groups excluding tert-OH is 1. The lowest BCUT2D eigenvalue weighted by Gasteiger charge is -2.07. The van der Waals surface area contributed by atoms with E-state index >= 15 is 0 Å². The van der Waals surface area contributed by atoms with Gasteiger partial charge in [-0.1, -0.05) is 30.4 Å². The van der Waals surface area contributed by atoms with Gasteiger partial charge in [0.05, 0.1) is 0 Å². The SMILES string of the molecule is C=C(O)C(=O)C1CC1C1=CC=CCC1. The van der Waals surface area contributed by atoms with Gasteiger partial charge in [-0.3, -0.25) is 4.79 Å². The molecule has 2 aliphatic carbocycles. The van der Waals surface area contributed by atoms with Crippen LogP contribution < -0.4 is 0 Å². The first-order valence-electron chi connectivity index (χ1n) is 4.98. The molecule has 0 aromatic rings. The average Bonchev–Trinajstić information content (AvgIpc) is 2.97. The monoisotopic (exact) mass is 190 g/mol. The number of hydrogen-bond donors (Lipinski definition) is 1. The third-order valence-electron chi connectivity index (χ3n) is 2.93. The highest BCUT2D eigenvalue weighted by molar-refractivity contribution is 5.96. The zero-order valence-corrected chi connectivity index (χ0v) is 8.07. The summed E-state index contributed by atoms with van der Waals surface area (Å²) in [5.74, 6) is -0.0866. The molecule has 0 aromatic carbocycles. The lowest BCUT2D eigenvalue weighted by Crippen LogP contribution is -2.06. The van der Waals surface area contributed by atoms with Crippen molar-refractivity contribution in [2.75, 3.05) is 0 Å². The minimum atomic E-state index is -0.288. The fourth-order valence-electron chi connectivity index (χ4n) is 2.04. The van der Waals surface area contributed by atoms with Gasteiger partial charge in [-0.25, -0.2) is 0 Å². The molecule has 0 spiro atoms. The predicted octanol–water partition coefficient (Wildman–Crippen LogP) is 2.54. The predicted molar refractivity (Wildman–Crippen MR) is 54.8 cm³/mol. The Morgan fingerprint density at radius 2 is 2.36 bits per heavy atom. The summed E-state index contributed by atoms with van der Waals surface area (Å²) in [4.78, 5) is 11.4. The van der Waals surface area contributed by atoms with E-state index in [-0.39, 0.29) is 17.5 Å². The Bertz CT molecular complexity index is 336. The molecule has 2 nitrogen and oxygen atoms in total. The Balaban J connectivity index is 1.99. The fraction of sp³-hybridized carbons (Fsp3) is 0.417. The van der Waals surface area contributed by atoms with E-state index in [1.165, 1.54) is 5.57 Å². The maximum atomic E-state index is 11.4. The summed E-state index contributed by atoms with van der Waals surface area (Å²) in [6.07, 6.45) is 9.30. The normalized spacial score (nSPS) is 29.6. The third-order valence-corrected chi connectivity index (χ3v) is 2.93. The van der Waals surface area contributed by atoms with Crippen molar-refractivity contribution in [1.29, 1.82) is 0 Å². The van der Waals surface area contributed by atoms with Crippen molar-refractivity contribution in [3.63, 3.8) is 0 Å². The zero-order chi connectivity index (χ0) is 10.1. The molecule has 0 heterocycles. The number of allylic oxidation sites excluding steroid dienone is 5. The number of ketones is 1. The van der Waals surface area contributed by atoms with E-state index in [2.05, 4.69) is 18.7 Å². The lowest BCUT2D eigenvalue weighted by atomic mass is 9.98. The summed E-state index contributed by atoms with van der Waals surface area (Å²) in [6, 6.07) is 0. The Labute approximate surface area is 83.6 Å². The standard InChI is InChI=1S/C12H14O2/c1-8(13)12(14)11-7-10(11)9-5-3-2-4-6-9/h2-3,5,10-11,13H,1,4,6-7H2. The van der Waals surface area contributed by atoms with Crippen LogP contribution in [-0.2, 0) is 4.79 Å². The van der Waals surface area contributed by atoms with Gasteiger partial charge in [-0.15, -0.1) is 0 Å². The number of hydrogen-bond acceptors (Lipinski definition) is 2. The van der Waals surface area contributed by atoms with Crippen LogP contribution in [0.3, 0.4) is 0 Å². The molecule has 1 saturated carbocycles. The van der Waals surface area contributed by atoms with Crippen LogP contribution in [0.4, 0.5) is 0 Å². The molecule has 2 heteroatoms. The largest absolute Gasteiger partial charge is 0.505 e. The third kappa shape index (κ3) is 1.65. The minimum absolute atomic E-state index is 0.00486. The van der Waals surface area contributed by atoms with Gasteiger partial charge in [-0.2, -0.15) is 0 Å². The van der Waals surface area contributed by atoms with Gasteiger partial charge in [0.15, 0.2) is 11.5 Å². The van der Waals surface area contributed by atoms with Crippen LogP contribution in [-0.4, -0.2) is 10.9 Å². The molecule has 2 unspecified atom stereocenters. The number of carbonyl (C=O) groups is 1. The van der Waals surface area contributed by atoms with E-state index in [4.69, 9.17) is 5.11 Å². The summed E-state index contributed by atoms with van der Waals surface area (Å²) in [6.45, 7) is 3.27. The maximum absolute atomic E-state index is 11.4. The smallest absolute Gasteiger partial charge is 0.200 e. The van der Waals surface area contributed by atoms with Gasteiger partial charge >= 0.3 is 0 Å². The molecule has 2 atom stereocenters. The molecule has 0 saturated heterocycles. The van der Waals surface area contributed by atoms with Crippen molar-refractivity contribution >= 4 is 5.78 Å². The van der Waals surface area contributed by atoms with Crippen LogP contribution >= 0.6 is 0 Å². The maximum Gasteiger partial charge on any atom is 0.200 e. The Morgan fingerprint density at radius 1 is 1.57 bits per heavy atom. The van der Waals surface area contributed by atoms with Gasteiger partial charge in [0, 0.05) is 5.92 Å². The first-order chi connectivity index (χ1) is 6.70. The molecule has 0 aliphatic heterocycles. The second-order valence-electron chi connectivity index (χ2n) is 3.97. The molecule has 0 bridgehead atoms. The Hall–Kier alpha value is -1.31. The molecule has 74 valence electrons. The van der Waals surface area contributed by atoms with Crippen LogP contribution in [0.5, 0.6) is 0 Å². The van der Waals surface area contributed by atoms with Crippen molar-refractivity contribution in [2.24, 2.45) is 11.8 Å². The van der Waals surface area contributed by atoms with E-state index in [0.717, 1.165) is 19.3 Å². The second-order valence-corrected chi connectivity index (χ2v) is 3.97. The molecule has 14 heavy (non-hydrogen) atoms. The molecule has 0 amide bonds. The van der Waals surface area contributed by atoms with Crippen LogP contribution in [0.1, 0.15) is 19.3 Å². The number of aliphatic hydroxyl groups is 1. The van der Waals surface area contributed by atoms with Gasteiger partial charge in [0.1, 0.15) is 0 Å². The van der Waals surface area contributed by atoms with Crippen molar-refractivity contribution in [3.05, 3.63) is 36.1 Å². The summed E-state index contributed by atoms with van der Waals surface area (Å²) in [7, 11) is 0. The van der Waals surface area contributed by atoms with Gasteiger partial charge < -0.3 is 5.11 Å². The van der Waals surface area contributed by atoms with E-state index in [9.17, 15) is 4.79 Å². The second kappa shape index (κ2) is 3.45. The quantitative estimate of drug-likeness (QED) is 0.548. The molecule has 0 aromatic heterocycles. The van der Waals surface area contributed by atoms with Crippen molar-refractivity contribution in [3.8, 4) is 0 Å². The van der Waals surface area contributed by atoms with E-state index < -0.39 is 0 Å². The van der Waals surface area contributed by atoms with Crippen LogP contribution in [0.25, 0.3) is 0 Å². The molecule has 1 N–H and O–H groups in total. The first kappa shape index (κ1) is 9.25. The molecule has 2 rings (SSSR count). The highest BCUT2D eigenvalue weighted by atomic mass is 16.3. The van der Waals surface area contributed by atoms with Crippen LogP contribution in [0, 0.1) is 11.8 Å². The van der Waals surface area contributed by atoms with Gasteiger partial charge in [0.2, 0.25) is 0 Å². The van der Waals surface area contributed by atoms with Gasteiger partial charge in [0.25, 0.3) is 0 Å². The first-order valence-corrected chi connectivity index (χ1v) is 4.98. The van der Waals surface area contributed by atoms with Crippen LogP contribution in [0.15, 0.2) is 36.1 Å². The van der Waals surface area contributed by atoms with Crippen LogP contribution in [0.2, 0.25) is 0 Å². The number of Topliss-reactive ketones (excluding diaryl/α,β-unsaturated/α-hetero) is 1. The Morgan fingerprint density at radius 3 is 2.93 bits per heavy atom. The van der Waals surface area contributed by atoms with E-state index in [0.29, 0.717) is 5.92 Å². The zero-order valence-electron chi connectivity index (χ0n) is 8.07. The van der Waals surface area contributed by atoms with Crippen molar-refractivity contribution in [2.45, 2.75) is 19.3 Å².